The minimum absolute atomic E-state index is 0.601. The van der Waals surface area contributed by atoms with E-state index in [-0.39, 0.29) is 0 Å². The molecule has 0 saturated heterocycles. The Morgan fingerprint density at radius 1 is 1.10 bits per heavy atom. The predicted molar refractivity (Wildman–Crippen MR) is 81.7 cm³/mol. The van der Waals surface area contributed by atoms with Crippen LogP contribution in [-0.2, 0) is 0 Å². The van der Waals surface area contributed by atoms with E-state index in [4.69, 9.17) is 15.2 Å². The lowest BCUT2D eigenvalue weighted by molar-refractivity contribution is 0.172. The molecule has 1 aromatic carbocycles. The van der Waals surface area contributed by atoms with Gasteiger partial charge in [-0.3, -0.25) is 0 Å². The van der Waals surface area contributed by atoms with Crippen molar-refractivity contribution in [2.45, 2.75) is 32.1 Å². The third-order valence-electron chi connectivity index (χ3n) is 4.36. The van der Waals surface area contributed by atoms with E-state index in [0.29, 0.717) is 13.2 Å². The molecule has 0 unspecified atom stereocenters. The van der Waals surface area contributed by atoms with Crippen LogP contribution in [0.2, 0.25) is 0 Å². The smallest absolute Gasteiger partial charge is 0.163 e. The van der Waals surface area contributed by atoms with Gasteiger partial charge >= 0.3 is 0 Å². The molecule has 1 fully saturated rings. The second-order valence-electron chi connectivity index (χ2n) is 5.94. The van der Waals surface area contributed by atoms with Crippen LogP contribution in [0.25, 0.3) is 0 Å². The van der Waals surface area contributed by atoms with Crippen molar-refractivity contribution in [2.75, 3.05) is 37.4 Å². The summed E-state index contributed by atoms with van der Waals surface area (Å²) in [5.74, 6) is 2.38. The highest BCUT2D eigenvalue weighted by Crippen LogP contribution is 2.39. The third-order valence-corrected chi connectivity index (χ3v) is 4.36. The first kappa shape index (κ1) is 13.4. The Labute approximate surface area is 120 Å². The van der Waals surface area contributed by atoms with Crippen LogP contribution in [0.4, 0.5) is 11.4 Å². The zero-order chi connectivity index (χ0) is 13.9. The van der Waals surface area contributed by atoms with E-state index in [1.165, 1.54) is 32.1 Å². The molecule has 0 radical (unpaired) electrons. The summed E-state index contributed by atoms with van der Waals surface area (Å²) in [6.45, 7) is 2.29. The van der Waals surface area contributed by atoms with E-state index >= 15 is 0 Å². The van der Waals surface area contributed by atoms with Gasteiger partial charge in [-0.2, -0.15) is 0 Å². The Balaban J connectivity index is 1.74. The monoisotopic (exact) mass is 276 g/mol. The molecule has 110 valence electrons. The summed E-state index contributed by atoms with van der Waals surface area (Å²) in [5.41, 5.74) is 8.00. The summed E-state index contributed by atoms with van der Waals surface area (Å²) in [5, 5.41) is 0. The van der Waals surface area contributed by atoms with Crippen LogP contribution in [-0.4, -0.2) is 26.8 Å². The molecule has 0 bridgehead atoms. The van der Waals surface area contributed by atoms with Crippen LogP contribution in [0.15, 0.2) is 12.1 Å². The summed E-state index contributed by atoms with van der Waals surface area (Å²) in [7, 11) is 2.12. The van der Waals surface area contributed by atoms with E-state index in [9.17, 15) is 0 Å². The Bertz CT molecular complexity index is 470. The maximum atomic E-state index is 6.17. The summed E-state index contributed by atoms with van der Waals surface area (Å²) in [6, 6.07) is 3.91. The molecule has 0 amide bonds. The van der Waals surface area contributed by atoms with Crippen LogP contribution >= 0.6 is 0 Å². The lowest BCUT2D eigenvalue weighted by Gasteiger charge is -2.30. The highest BCUT2D eigenvalue weighted by Gasteiger charge is 2.20. The molecular weight excluding hydrogens is 252 g/mol. The summed E-state index contributed by atoms with van der Waals surface area (Å²) in [4.78, 5) is 2.27. The van der Waals surface area contributed by atoms with Gasteiger partial charge in [-0.05, 0) is 18.8 Å². The van der Waals surface area contributed by atoms with E-state index in [1.807, 2.05) is 12.1 Å². The number of fused-ring (bicyclic) bond motifs is 1. The highest BCUT2D eigenvalue weighted by atomic mass is 16.6. The van der Waals surface area contributed by atoms with Crippen molar-refractivity contribution >= 4 is 11.4 Å². The number of hydrogen-bond donors (Lipinski definition) is 1. The van der Waals surface area contributed by atoms with Crippen LogP contribution < -0.4 is 20.1 Å². The van der Waals surface area contributed by atoms with Gasteiger partial charge in [0.05, 0.1) is 11.4 Å². The fourth-order valence-corrected chi connectivity index (χ4v) is 3.28. The SMILES string of the molecule is CN(CC1CCCCC1)c1cc2c(cc1N)OCCO2. The highest BCUT2D eigenvalue weighted by molar-refractivity contribution is 5.73. The summed E-state index contributed by atoms with van der Waals surface area (Å²) >= 11 is 0. The van der Waals surface area contributed by atoms with Gasteiger partial charge in [0.25, 0.3) is 0 Å². The van der Waals surface area contributed by atoms with Crippen molar-refractivity contribution in [3.63, 3.8) is 0 Å². The van der Waals surface area contributed by atoms with Gasteiger partial charge in [0.15, 0.2) is 11.5 Å². The molecule has 0 spiro atoms. The lowest BCUT2D eigenvalue weighted by Crippen LogP contribution is -2.27. The number of nitrogens with zero attached hydrogens (tertiary/aromatic N) is 1. The normalized spacial score (nSPS) is 18.9. The Morgan fingerprint density at radius 3 is 2.45 bits per heavy atom. The molecule has 4 heteroatoms. The van der Waals surface area contributed by atoms with Crippen LogP contribution in [0.3, 0.4) is 0 Å². The van der Waals surface area contributed by atoms with Crippen molar-refractivity contribution in [3.05, 3.63) is 12.1 Å². The zero-order valence-corrected chi connectivity index (χ0v) is 12.2. The number of nitrogen functional groups attached to an aromatic ring is 1. The van der Waals surface area contributed by atoms with Gasteiger partial charge in [-0.25, -0.2) is 0 Å². The van der Waals surface area contributed by atoms with E-state index in [1.54, 1.807) is 0 Å². The predicted octanol–water partition coefficient (Wildman–Crippen LogP) is 3.06. The van der Waals surface area contributed by atoms with Crippen molar-refractivity contribution in [3.8, 4) is 11.5 Å². The molecule has 3 rings (SSSR count). The lowest BCUT2D eigenvalue weighted by atomic mass is 9.89. The first-order chi connectivity index (χ1) is 9.74. The van der Waals surface area contributed by atoms with Crippen LogP contribution in [0.5, 0.6) is 11.5 Å². The maximum Gasteiger partial charge on any atom is 0.163 e. The fraction of sp³-hybridized carbons (Fsp3) is 0.625. The fourth-order valence-electron chi connectivity index (χ4n) is 3.28. The number of nitrogens with two attached hydrogens (primary N) is 1. The number of benzene rings is 1. The third kappa shape index (κ3) is 2.79. The first-order valence-electron chi connectivity index (χ1n) is 7.64. The Morgan fingerprint density at radius 2 is 1.75 bits per heavy atom. The molecule has 2 aliphatic rings. The van der Waals surface area contributed by atoms with E-state index in [0.717, 1.165) is 35.3 Å². The molecule has 1 heterocycles. The minimum atomic E-state index is 0.601. The largest absolute Gasteiger partial charge is 0.486 e. The second-order valence-corrected chi connectivity index (χ2v) is 5.94. The average molecular weight is 276 g/mol. The molecule has 0 atom stereocenters. The quantitative estimate of drug-likeness (QED) is 0.862. The van der Waals surface area contributed by atoms with Crippen molar-refractivity contribution in [1.82, 2.24) is 0 Å². The minimum Gasteiger partial charge on any atom is -0.486 e. The molecule has 1 aliphatic heterocycles. The molecule has 4 nitrogen and oxygen atoms in total. The number of ether oxygens (including phenoxy) is 2. The molecule has 1 aliphatic carbocycles. The zero-order valence-electron chi connectivity index (χ0n) is 12.2. The Hall–Kier alpha value is -1.58. The molecule has 0 aromatic heterocycles. The topological polar surface area (TPSA) is 47.7 Å². The number of rotatable bonds is 3. The standard InChI is InChI=1S/C16H24N2O2/c1-18(11-12-5-3-2-4-6-12)14-10-16-15(9-13(14)17)19-7-8-20-16/h9-10,12H,2-8,11,17H2,1H3. The van der Waals surface area contributed by atoms with Gasteiger partial charge in [-0.15, -0.1) is 0 Å². The van der Waals surface area contributed by atoms with Gasteiger partial charge in [0.1, 0.15) is 13.2 Å². The average Bonchev–Trinajstić information content (AvgIpc) is 2.47. The van der Waals surface area contributed by atoms with Gasteiger partial charge in [0.2, 0.25) is 0 Å². The van der Waals surface area contributed by atoms with Crippen LogP contribution in [0.1, 0.15) is 32.1 Å². The van der Waals surface area contributed by atoms with Gasteiger partial charge < -0.3 is 20.1 Å². The second kappa shape index (κ2) is 5.81. The van der Waals surface area contributed by atoms with Gasteiger partial charge in [0, 0.05) is 25.7 Å². The summed E-state index contributed by atoms with van der Waals surface area (Å²) in [6.07, 6.45) is 6.82. The van der Waals surface area contributed by atoms with E-state index in [2.05, 4.69) is 11.9 Å². The van der Waals surface area contributed by atoms with Crippen molar-refractivity contribution in [1.29, 1.82) is 0 Å². The molecular formula is C16H24N2O2. The van der Waals surface area contributed by atoms with Crippen molar-refractivity contribution < 1.29 is 9.47 Å². The maximum absolute atomic E-state index is 6.17. The summed E-state index contributed by atoms with van der Waals surface area (Å²) < 4.78 is 11.2. The van der Waals surface area contributed by atoms with E-state index < -0.39 is 0 Å². The Kier molecular flexibility index (Phi) is 3.90. The number of anilines is 2. The molecule has 1 saturated carbocycles. The first-order valence-corrected chi connectivity index (χ1v) is 7.64. The van der Waals surface area contributed by atoms with Gasteiger partial charge in [-0.1, -0.05) is 19.3 Å². The molecule has 1 aromatic rings. The number of hydrogen-bond acceptors (Lipinski definition) is 4. The molecule has 2 N–H and O–H groups in total. The van der Waals surface area contributed by atoms with Crippen molar-refractivity contribution in [2.24, 2.45) is 5.92 Å². The molecule has 20 heavy (non-hydrogen) atoms. The van der Waals surface area contributed by atoms with Crippen LogP contribution in [0, 0.1) is 5.92 Å².